The average molecular weight is 504 g/mol. The van der Waals surface area contributed by atoms with E-state index in [0.717, 1.165) is 33.3 Å². The summed E-state index contributed by atoms with van der Waals surface area (Å²) in [5.74, 6) is -0.0524. The third-order valence-electron chi connectivity index (χ3n) is 7.11. The van der Waals surface area contributed by atoms with Gasteiger partial charge in [-0.15, -0.1) is 0 Å². The molecule has 2 aliphatic heterocycles. The second-order valence-electron chi connectivity index (χ2n) is 9.17. The zero-order chi connectivity index (χ0) is 24.1. The lowest BCUT2D eigenvalue weighted by Gasteiger charge is -2.47. The first-order valence-electron chi connectivity index (χ1n) is 11.7. The van der Waals surface area contributed by atoms with E-state index in [1.807, 2.05) is 66.7 Å². The smallest absolute Gasteiger partial charge is 0.246 e. The molecule has 2 atom stereocenters. The number of nitrogens with one attached hydrogen (secondary N) is 1. The Hall–Kier alpha value is -3.28. The van der Waals surface area contributed by atoms with Crippen LogP contribution in [0.15, 0.2) is 72.8 Å². The van der Waals surface area contributed by atoms with E-state index in [2.05, 4.69) is 11.1 Å². The SMILES string of the molecule is O=C1[C@@H]2Cc3c([nH]c4ccccc34)C(c3ccc(Cl)cc3)N2C(=O)CN1CCc1ccc(Cl)cc1. The highest BCUT2D eigenvalue weighted by molar-refractivity contribution is 6.30. The maximum absolute atomic E-state index is 13.8. The van der Waals surface area contributed by atoms with Gasteiger partial charge in [0.1, 0.15) is 6.04 Å². The predicted octanol–water partition coefficient (Wildman–Crippen LogP) is 5.40. The minimum absolute atomic E-state index is 0.00606. The summed E-state index contributed by atoms with van der Waals surface area (Å²) in [5, 5.41) is 2.41. The number of H-pyrrole nitrogens is 1. The Bertz CT molecular complexity index is 1430. The molecule has 1 N–H and O–H groups in total. The van der Waals surface area contributed by atoms with Crippen molar-refractivity contribution in [2.45, 2.75) is 24.9 Å². The zero-order valence-electron chi connectivity index (χ0n) is 18.9. The number of benzene rings is 3. The summed E-state index contributed by atoms with van der Waals surface area (Å²) in [6.07, 6.45) is 1.16. The molecule has 2 amide bonds. The van der Waals surface area contributed by atoms with E-state index in [9.17, 15) is 9.59 Å². The van der Waals surface area contributed by atoms with Crippen molar-refractivity contribution in [3.8, 4) is 0 Å². The zero-order valence-corrected chi connectivity index (χ0v) is 20.4. The quantitative estimate of drug-likeness (QED) is 0.405. The van der Waals surface area contributed by atoms with E-state index in [1.54, 1.807) is 9.80 Å². The van der Waals surface area contributed by atoms with E-state index in [1.165, 1.54) is 0 Å². The lowest BCUT2D eigenvalue weighted by atomic mass is 9.86. The van der Waals surface area contributed by atoms with E-state index in [0.29, 0.717) is 29.4 Å². The number of carbonyl (C=O) groups is 2. The van der Waals surface area contributed by atoms with Crippen LogP contribution in [0.3, 0.4) is 0 Å². The number of fused-ring (bicyclic) bond motifs is 4. The molecule has 0 radical (unpaired) electrons. The summed E-state index contributed by atoms with van der Waals surface area (Å²) >= 11 is 12.2. The minimum Gasteiger partial charge on any atom is -0.356 e. The Morgan fingerprint density at radius 2 is 1.57 bits per heavy atom. The van der Waals surface area contributed by atoms with Gasteiger partial charge in [-0.3, -0.25) is 9.59 Å². The third-order valence-corrected chi connectivity index (χ3v) is 7.62. The van der Waals surface area contributed by atoms with Gasteiger partial charge in [-0.1, -0.05) is 65.7 Å². The Labute approximate surface area is 213 Å². The first kappa shape index (κ1) is 22.2. The van der Waals surface area contributed by atoms with Crippen LogP contribution in [0.2, 0.25) is 10.0 Å². The van der Waals surface area contributed by atoms with Gasteiger partial charge in [-0.2, -0.15) is 0 Å². The number of rotatable bonds is 4. The largest absolute Gasteiger partial charge is 0.356 e. The van der Waals surface area contributed by atoms with Crippen molar-refractivity contribution in [3.05, 3.63) is 105 Å². The monoisotopic (exact) mass is 503 g/mol. The van der Waals surface area contributed by atoms with Gasteiger partial charge in [-0.05, 0) is 53.4 Å². The van der Waals surface area contributed by atoms with Gasteiger partial charge < -0.3 is 14.8 Å². The topological polar surface area (TPSA) is 56.4 Å². The number of aromatic nitrogens is 1. The average Bonchev–Trinajstić information content (AvgIpc) is 3.24. The Balaban J connectivity index is 1.38. The molecule has 0 bridgehead atoms. The van der Waals surface area contributed by atoms with Gasteiger partial charge in [0.25, 0.3) is 0 Å². The number of carbonyl (C=O) groups excluding carboxylic acids is 2. The molecule has 0 saturated carbocycles. The van der Waals surface area contributed by atoms with Crippen LogP contribution in [0.1, 0.15) is 28.4 Å². The van der Waals surface area contributed by atoms with E-state index in [-0.39, 0.29) is 24.4 Å². The minimum atomic E-state index is -0.547. The predicted molar refractivity (Wildman–Crippen MR) is 138 cm³/mol. The lowest BCUT2D eigenvalue weighted by Crippen LogP contribution is -2.63. The molecule has 1 unspecified atom stereocenters. The van der Waals surface area contributed by atoms with Crippen LogP contribution in [0, 0.1) is 0 Å². The molecule has 35 heavy (non-hydrogen) atoms. The number of hydrogen-bond donors (Lipinski definition) is 1. The summed E-state index contributed by atoms with van der Waals surface area (Å²) in [7, 11) is 0. The van der Waals surface area contributed by atoms with E-state index < -0.39 is 6.04 Å². The van der Waals surface area contributed by atoms with Gasteiger partial charge in [0, 0.05) is 39.6 Å². The molecule has 1 fully saturated rings. The molecule has 0 spiro atoms. The summed E-state index contributed by atoms with van der Waals surface area (Å²) < 4.78 is 0. The molecule has 4 aromatic rings. The Morgan fingerprint density at radius 3 is 2.31 bits per heavy atom. The fourth-order valence-electron chi connectivity index (χ4n) is 5.42. The van der Waals surface area contributed by atoms with Crippen molar-refractivity contribution in [2.75, 3.05) is 13.1 Å². The van der Waals surface area contributed by atoms with Gasteiger partial charge in [-0.25, -0.2) is 0 Å². The highest BCUT2D eigenvalue weighted by atomic mass is 35.5. The van der Waals surface area contributed by atoms with Gasteiger partial charge in [0.05, 0.1) is 12.6 Å². The number of para-hydroxylation sites is 1. The number of piperazine rings is 1. The summed E-state index contributed by atoms with van der Waals surface area (Å²) in [6.45, 7) is 0.561. The number of hydrogen-bond acceptors (Lipinski definition) is 2. The number of aromatic amines is 1. The van der Waals surface area contributed by atoms with Crippen LogP contribution >= 0.6 is 23.2 Å². The summed E-state index contributed by atoms with van der Waals surface area (Å²) in [5.41, 5.74) is 5.10. The second kappa shape index (κ2) is 8.74. The highest BCUT2D eigenvalue weighted by Crippen LogP contribution is 2.42. The Morgan fingerprint density at radius 1 is 0.886 bits per heavy atom. The first-order chi connectivity index (χ1) is 17.0. The molecule has 5 nitrogen and oxygen atoms in total. The molecule has 6 rings (SSSR count). The van der Waals surface area contributed by atoms with Crippen molar-refractivity contribution in [3.63, 3.8) is 0 Å². The molecule has 176 valence electrons. The highest BCUT2D eigenvalue weighted by Gasteiger charge is 2.48. The van der Waals surface area contributed by atoms with Crippen LogP contribution in [0.5, 0.6) is 0 Å². The lowest BCUT2D eigenvalue weighted by molar-refractivity contribution is -0.158. The third kappa shape index (κ3) is 3.89. The Kier molecular flexibility index (Phi) is 5.54. The number of amides is 2. The van der Waals surface area contributed by atoms with Gasteiger partial charge in [0.15, 0.2) is 0 Å². The fourth-order valence-corrected chi connectivity index (χ4v) is 5.67. The van der Waals surface area contributed by atoms with E-state index in [4.69, 9.17) is 23.2 Å². The number of nitrogens with zero attached hydrogens (tertiary/aromatic N) is 2. The van der Waals surface area contributed by atoms with E-state index >= 15 is 0 Å². The van der Waals surface area contributed by atoms with Crippen LogP contribution in [-0.2, 0) is 22.4 Å². The molecule has 7 heteroatoms. The van der Waals surface area contributed by atoms with Crippen molar-refractivity contribution in [2.24, 2.45) is 0 Å². The van der Waals surface area contributed by atoms with Crippen molar-refractivity contribution in [1.29, 1.82) is 0 Å². The molecule has 0 aliphatic carbocycles. The maximum Gasteiger partial charge on any atom is 0.246 e. The van der Waals surface area contributed by atoms with Crippen molar-refractivity contribution < 1.29 is 9.59 Å². The molecule has 1 aromatic heterocycles. The van der Waals surface area contributed by atoms with Crippen LogP contribution in [-0.4, -0.2) is 45.7 Å². The summed E-state index contributed by atoms with van der Waals surface area (Å²) in [4.78, 5) is 34.4. The van der Waals surface area contributed by atoms with Crippen molar-refractivity contribution in [1.82, 2.24) is 14.8 Å². The molecule has 2 aliphatic rings. The maximum atomic E-state index is 13.8. The second-order valence-corrected chi connectivity index (χ2v) is 10.0. The molecular weight excluding hydrogens is 481 g/mol. The molecule has 3 heterocycles. The summed E-state index contributed by atoms with van der Waals surface area (Å²) in [6, 6.07) is 22.3. The van der Waals surface area contributed by atoms with Crippen molar-refractivity contribution >= 4 is 45.9 Å². The van der Waals surface area contributed by atoms with Crippen LogP contribution < -0.4 is 0 Å². The molecule has 1 saturated heterocycles. The molecular formula is C28H23Cl2N3O2. The normalized spacial score (nSPS) is 19.7. The van der Waals surface area contributed by atoms with Crippen LogP contribution in [0.25, 0.3) is 10.9 Å². The number of halogens is 2. The standard InChI is InChI=1S/C28H23Cl2N3O2/c29-19-9-5-17(6-10-19)13-14-32-16-25(34)33-24(28(32)35)15-22-21-3-1-2-4-23(21)31-26(22)27(33)18-7-11-20(30)12-8-18/h1-12,24,27,31H,13-16H2/t24-,27?/m0/s1. The molecule has 3 aromatic carbocycles. The van der Waals surface area contributed by atoms with Gasteiger partial charge >= 0.3 is 0 Å². The van der Waals surface area contributed by atoms with Gasteiger partial charge in [0.2, 0.25) is 11.8 Å². The van der Waals surface area contributed by atoms with Crippen LogP contribution in [0.4, 0.5) is 0 Å². The first-order valence-corrected chi connectivity index (χ1v) is 12.4. The fraction of sp³-hybridized carbons (Fsp3) is 0.214.